The molecule has 5 aromatic heterocycles. The average molecular weight is 522 g/mol. The monoisotopic (exact) mass is 521 g/mol. The first kappa shape index (κ1) is 23.3. The number of benzene rings is 1. The topological polar surface area (TPSA) is 125 Å². The third-order valence-electron chi connectivity index (χ3n) is 7.12. The molecule has 0 aliphatic heterocycles. The van der Waals surface area contributed by atoms with Crippen LogP contribution in [0.4, 0.5) is 4.39 Å². The van der Waals surface area contributed by atoms with Gasteiger partial charge in [-0.1, -0.05) is 6.42 Å². The lowest BCUT2D eigenvalue weighted by Crippen LogP contribution is -2.19. The van der Waals surface area contributed by atoms with Crippen LogP contribution in [-0.2, 0) is 0 Å². The van der Waals surface area contributed by atoms with Crippen LogP contribution in [0.5, 0.6) is 11.5 Å². The minimum absolute atomic E-state index is 0.157. The Labute approximate surface area is 222 Å². The highest BCUT2D eigenvalue weighted by Crippen LogP contribution is 2.34. The maximum absolute atomic E-state index is 14.0. The maximum Gasteiger partial charge on any atom is 0.178 e. The number of imidazole rings is 1. The highest BCUT2D eigenvalue weighted by molar-refractivity contribution is 5.96. The lowest BCUT2D eigenvalue weighted by atomic mass is 9.98. The lowest BCUT2D eigenvalue weighted by Gasteiger charge is -2.22. The predicted octanol–water partition coefficient (Wildman–Crippen LogP) is 6.18. The van der Waals surface area contributed by atoms with E-state index in [0.717, 1.165) is 46.8 Å². The van der Waals surface area contributed by atoms with Gasteiger partial charge in [0.25, 0.3) is 0 Å². The zero-order chi connectivity index (χ0) is 26.3. The molecule has 0 atom stereocenters. The van der Waals surface area contributed by atoms with Crippen molar-refractivity contribution >= 4 is 22.1 Å². The van der Waals surface area contributed by atoms with E-state index in [1.165, 1.54) is 31.4 Å². The van der Waals surface area contributed by atoms with Crippen LogP contribution in [0.2, 0.25) is 0 Å². The van der Waals surface area contributed by atoms with Gasteiger partial charge in [-0.05, 0) is 61.6 Å². The molecule has 3 N–H and O–H groups in total. The van der Waals surface area contributed by atoms with Crippen molar-refractivity contribution in [3.63, 3.8) is 0 Å². The minimum Gasteiger partial charge on any atom is -0.508 e. The summed E-state index contributed by atoms with van der Waals surface area (Å²) in [4.78, 5) is 21.3. The molecule has 5 heterocycles. The standard InChI is InChI=1S/C29H24FN7O2/c30-18-8-16(9-19(38)11-18)22-6-7-32-28-26(22)34-29(35-28)27-23-12-24(33-15-25(23)36-37-27)17-10-21(14-31-13-17)39-20-4-2-1-3-5-20/h6-15,20,38H,1-5H2,(H,36,37)(H,32,34,35). The molecule has 9 nitrogen and oxygen atoms in total. The van der Waals surface area contributed by atoms with E-state index in [1.807, 2.05) is 12.1 Å². The number of hydrogen-bond acceptors (Lipinski definition) is 7. The predicted molar refractivity (Wildman–Crippen MR) is 145 cm³/mol. The van der Waals surface area contributed by atoms with Crippen LogP contribution in [0.25, 0.3) is 56.0 Å². The number of nitrogens with one attached hydrogen (secondary N) is 2. The molecule has 7 rings (SSSR count). The van der Waals surface area contributed by atoms with Crippen LogP contribution >= 0.6 is 0 Å². The summed E-state index contributed by atoms with van der Waals surface area (Å²) in [5.41, 5.74) is 5.16. The van der Waals surface area contributed by atoms with Crippen molar-refractivity contribution in [2.45, 2.75) is 38.2 Å². The molecule has 0 saturated heterocycles. The molecule has 1 saturated carbocycles. The normalized spacial score (nSPS) is 14.3. The van der Waals surface area contributed by atoms with Gasteiger partial charge in [0.05, 0.1) is 35.2 Å². The van der Waals surface area contributed by atoms with Gasteiger partial charge in [0, 0.05) is 35.0 Å². The number of aromatic hydroxyl groups is 1. The van der Waals surface area contributed by atoms with Gasteiger partial charge in [-0.3, -0.25) is 15.1 Å². The van der Waals surface area contributed by atoms with Gasteiger partial charge >= 0.3 is 0 Å². The Morgan fingerprint density at radius 3 is 2.72 bits per heavy atom. The fraction of sp³-hybridized carbons (Fsp3) is 0.207. The largest absolute Gasteiger partial charge is 0.508 e. The number of nitrogens with zero attached hydrogens (tertiary/aromatic N) is 5. The fourth-order valence-electron chi connectivity index (χ4n) is 5.25. The number of halogens is 1. The highest BCUT2D eigenvalue weighted by atomic mass is 19.1. The van der Waals surface area contributed by atoms with E-state index >= 15 is 0 Å². The molecular weight excluding hydrogens is 497 g/mol. The minimum atomic E-state index is -0.532. The number of hydrogen-bond donors (Lipinski definition) is 3. The Kier molecular flexibility index (Phi) is 5.65. The molecule has 0 unspecified atom stereocenters. The summed E-state index contributed by atoms with van der Waals surface area (Å²) in [6.07, 6.45) is 12.9. The number of fused-ring (bicyclic) bond motifs is 2. The third kappa shape index (κ3) is 4.43. The SMILES string of the molecule is Oc1cc(F)cc(-c2ccnc3nc(-c4n[nH]c5cnc(-c6cncc(OC7CCCCC7)c6)cc45)[nH]c23)c1. The van der Waals surface area contributed by atoms with Gasteiger partial charge in [0.15, 0.2) is 11.5 Å². The molecule has 1 aromatic carbocycles. The fourth-order valence-corrected chi connectivity index (χ4v) is 5.25. The average Bonchev–Trinajstić information content (AvgIpc) is 3.57. The zero-order valence-electron chi connectivity index (χ0n) is 20.9. The molecule has 0 amide bonds. The summed E-state index contributed by atoms with van der Waals surface area (Å²) in [5, 5.41) is 18.2. The summed E-state index contributed by atoms with van der Waals surface area (Å²) >= 11 is 0. The number of H-pyrrole nitrogens is 2. The Morgan fingerprint density at radius 2 is 1.85 bits per heavy atom. The smallest absolute Gasteiger partial charge is 0.178 e. The van der Waals surface area contributed by atoms with Crippen molar-refractivity contribution in [2.24, 2.45) is 0 Å². The Hall–Kier alpha value is -4.86. The van der Waals surface area contributed by atoms with Crippen LogP contribution in [-0.4, -0.2) is 46.3 Å². The van der Waals surface area contributed by atoms with E-state index in [9.17, 15) is 9.50 Å². The number of aromatic amines is 2. The molecule has 1 aliphatic carbocycles. The zero-order valence-corrected chi connectivity index (χ0v) is 20.9. The van der Waals surface area contributed by atoms with Gasteiger partial charge in [-0.25, -0.2) is 14.4 Å². The molecule has 0 spiro atoms. The first-order valence-electron chi connectivity index (χ1n) is 12.9. The van der Waals surface area contributed by atoms with Gasteiger partial charge in [0.2, 0.25) is 0 Å². The van der Waals surface area contributed by atoms with E-state index in [1.54, 1.807) is 30.9 Å². The van der Waals surface area contributed by atoms with Gasteiger partial charge in [-0.15, -0.1) is 0 Å². The third-order valence-corrected chi connectivity index (χ3v) is 7.12. The van der Waals surface area contributed by atoms with Crippen molar-refractivity contribution in [1.29, 1.82) is 0 Å². The molecule has 194 valence electrons. The van der Waals surface area contributed by atoms with E-state index in [0.29, 0.717) is 33.8 Å². The van der Waals surface area contributed by atoms with Crippen molar-refractivity contribution in [1.82, 2.24) is 35.1 Å². The molecular formula is C29H24FN7O2. The van der Waals surface area contributed by atoms with Crippen LogP contribution in [0.1, 0.15) is 32.1 Å². The number of aromatic nitrogens is 7. The number of phenolic OH excluding ortho intramolecular Hbond substituents is 1. The lowest BCUT2D eigenvalue weighted by molar-refractivity contribution is 0.154. The highest BCUT2D eigenvalue weighted by Gasteiger charge is 2.18. The van der Waals surface area contributed by atoms with E-state index in [2.05, 4.69) is 35.1 Å². The van der Waals surface area contributed by atoms with Gasteiger partial charge in [-0.2, -0.15) is 5.10 Å². The molecule has 1 fully saturated rings. The van der Waals surface area contributed by atoms with E-state index in [-0.39, 0.29) is 11.9 Å². The van der Waals surface area contributed by atoms with Crippen LogP contribution < -0.4 is 4.74 Å². The van der Waals surface area contributed by atoms with Crippen LogP contribution in [0.15, 0.2) is 61.2 Å². The quantitative estimate of drug-likeness (QED) is 0.247. The molecule has 6 aromatic rings. The van der Waals surface area contributed by atoms with E-state index in [4.69, 9.17) is 4.74 Å². The Bertz CT molecular complexity index is 1800. The number of rotatable bonds is 5. The van der Waals surface area contributed by atoms with E-state index < -0.39 is 5.82 Å². The summed E-state index contributed by atoms with van der Waals surface area (Å²) in [6, 6.07) is 9.59. The summed E-state index contributed by atoms with van der Waals surface area (Å²) in [6.45, 7) is 0. The second-order valence-electron chi connectivity index (χ2n) is 9.82. The molecule has 0 bridgehead atoms. The van der Waals surface area contributed by atoms with Gasteiger partial charge < -0.3 is 14.8 Å². The van der Waals surface area contributed by atoms with Crippen molar-refractivity contribution in [3.8, 4) is 45.4 Å². The molecule has 39 heavy (non-hydrogen) atoms. The van der Waals surface area contributed by atoms with Crippen molar-refractivity contribution in [2.75, 3.05) is 0 Å². The molecule has 1 aliphatic rings. The number of pyridine rings is 3. The summed E-state index contributed by atoms with van der Waals surface area (Å²) < 4.78 is 20.2. The van der Waals surface area contributed by atoms with Gasteiger partial charge in [0.1, 0.15) is 23.0 Å². The molecule has 0 radical (unpaired) electrons. The first-order valence-corrected chi connectivity index (χ1v) is 12.9. The van der Waals surface area contributed by atoms with Crippen molar-refractivity contribution in [3.05, 3.63) is 67.0 Å². The van der Waals surface area contributed by atoms with Crippen LogP contribution in [0.3, 0.4) is 0 Å². The van der Waals surface area contributed by atoms with Crippen LogP contribution in [0, 0.1) is 5.82 Å². The summed E-state index contributed by atoms with van der Waals surface area (Å²) in [5.74, 6) is 0.556. The first-order chi connectivity index (χ1) is 19.1. The second-order valence-corrected chi connectivity index (χ2v) is 9.82. The molecule has 10 heteroatoms. The summed E-state index contributed by atoms with van der Waals surface area (Å²) in [7, 11) is 0. The number of ether oxygens (including phenoxy) is 1. The second kappa shape index (κ2) is 9.46. The van der Waals surface area contributed by atoms with Crippen molar-refractivity contribution < 1.29 is 14.2 Å². The maximum atomic E-state index is 14.0. The number of phenols is 1. The Morgan fingerprint density at radius 1 is 0.949 bits per heavy atom. The Balaban J connectivity index is 1.26.